The number of hydrogen-bond acceptors (Lipinski definition) is 3. The third-order valence-electron chi connectivity index (χ3n) is 4.16. The minimum atomic E-state index is -1.28. The number of amides is 1. The largest absolute Gasteiger partial charge is 0.479 e. The molecule has 1 aromatic rings. The number of carbonyl (C=O) groups excluding carboxylic acids is 1. The molecule has 0 saturated carbocycles. The first-order valence-corrected chi connectivity index (χ1v) is 8.36. The van der Waals surface area contributed by atoms with E-state index in [2.05, 4.69) is 0 Å². The number of fused-ring (bicyclic) bond motifs is 1. The topological polar surface area (TPSA) is 66.8 Å². The van der Waals surface area contributed by atoms with Gasteiger partial charge in [-0.1, -0.05) is 38.1 Å². The van der Waals surface area contributed by atoms with Gasteiger partial charge in [0.05, 0.1) is 0 Å². The zero-order valence-corrected chi connectivity index (χ0v) is 15.1. The van der Waals surface area contributed by atoms with Crippen LogP contribution in [-0.2, 0) is 22.4 Å². The second kappa shape index (κ2) is 6.46. The molecule has 1 N–H and O–H groups in total. The summed E-state index contributed by atoms with van der Waals surface area (Å²) in [4.78, 5) is 26.4. The smallest absolute Gasteiger partial charge is 0.411 e. The van der Waals surface area contributed by atoms with Gasteiger partial charge in [0.2, 0.25) is 0 Å². The molecule has 0 aliphatic heterocycles. The zero-order valence-electron chi connectivity index (χ0n) is 15.1. The quantitative estimate of drug-likeness (QED) is 0.916. The molecule has 0 radical (unpaired) electrons. The fourth-order valence-corrected chi connectivity index (χ4v) is 3.16. The van der Waals surface area contributed by atoms with Gasteiger partial charge in [-0.25, -0.2) is 9.59 Å². The average molecular weight is 333 g/mol. The van der Waals surface area contributed by atoms with Gasteiger partial charge in [-0.3, -0.25) is 4.90 Å². The molecule has 0 saturated heterocycles. The Morgan fingerprint density at radius 3 is 2.08 bits per heavy atom. The lowest BCUT2D eigenvalue weighted by Gasteiger charge is -2.39. The highest BCUT2D eigenvalue weighted by Crippen LogP contribution is 2.36. The molecule has 5 heteroatoms. The minimum absolute atomic E-state index is 0.137. The van der Waals surface area contributed by atoms with E-state index in [1.165, 1.54) is 4.90 Å². The molecule has 0 atom stereocenters. The Bertz CT molecular complexity index is 605. The molecule has 1 aromatic carbocycles. The lowest BCUT2D eigenvalue weighted by atomic mass is 9.92. The standard InChI is InChI=1S/C19H27NO4/c1-13(2)12-20(17(23)24-18(3,4)5)19(16(21)22)10-14-8-6-7-9-15(14)11-19/h6-9,13H,10-12H2,1-5H3,(H,21,22). The first-order chi connectivity index (χ1) is 11.0. The predicted molar refractivity (Wildman–Crippen MR) is 92.0 cm³/mol. The Labute approximate surface area is 143 Å². The first-order valence-electron chi connectivity index (χ1n) is 8.36. The van der Waals surface area contributed by atoms with Gasteiger partial charge in [0.15, 0.2) is 5.54 Å². The molecule has 5 nitrogen and oxygen atoms in total. The first kappa shape index (κ1) is 18.3. The molecular formula is C19H27NO4. The van der Waals surface area contributed by atoms with E-state index in [9.17, 15) is 14.7 Å². The molecule has 0 unspecified atom stereocenters. The molecule has 24 heavy (non-hydrogen) atoms. The van der Waals surface area contributed by atoms with Crippen LogP contribution >= 0.6 is 0 Å². The molecule has 1 aliphatic carbocycles. The van der Waals surface area contributed by atoms with Crippen molar-refractivity contribution in [1.29, 1.82) is 0 Å². The number of rotatable bonds is 4. The average Bonchev–Trinajstić information content (AvgIpc) is 2.83. The van der Waals surface area contributed by atoms with Crippen molar-refractivity contribution in [3.05, 3.63) is 35.4 Å². The summed E-state index contributed by atoms with van der Waals surface area (Å²) in [6, 6.07) is 7.67. The summed E-state index contributed by atoms with van der Waals surface area (Å²) in [5.41, 5.74) is 0.0164. The maximum absolute atomic E-state index is 12.8. The highest BCUT2D eigenvalue weighted by Gasteiger charge is 2.51. The Balaban J connectivity index is 2.41. The number of carboxylic acids is 1. The Hall–Kier alpha value is -2.04. The minimum Gasteiger partial charge on any atom is -0.479 e. The van der Waals surface area contributed by atoms with E-state index in [0.717, 1.165) is 11.1 Å². The van der Waals surface area contributed by atoms with E-state index >= 15 is 0 Å². The van der Waals surface area contributed by atoms with Crippen molar-refractivity contribution in [3.8, 4) is 0 Å². The molecular weight excluding hydrogens is 306 g/mol. The van der Waals surface area contributed by atoms with E-state index in [0.29, 0.717) is 19.4 Å². The van der Waals surface area contributed by atoms with Gasteiger partial charge in [0.1, 0.15) is 5.60 Å². The van der Waals surface area contributed by atoms with Crippen LogP contribution in [0.15, 0.2) is 24.3 Å². The normalized spacial score (nSPS) is 15.9. The van der Waals surface area contributed by atoms with Crippen LogP contribution in [0, 0.1) is 5.92 Å². The van der Waals surface area contributed by atoms with Crippen molar-refractivity contribution in [1.82, 2.24) is 4.90 Å². The van der Waals surface area contributed by atoms with Crippen LogP contribution in [0.1, 0.15) is 45.7 Å². The summed E-state index contributed by atoms with van der Waals surface area (Å²) in [5, 5.41) is 10.0. The van der Waals surface area contributed by atoms with Crippen molar-refractivity contribution in [3.63, 3.8) is 0 Å². The van der Waals surface area contributed by atoms with Crippen molar-refractivity contribution in [2.75, 3.05) is 6.54 Å². The number of nitrogens with zero attached hydrogens (tertiary/aromatic N) is 1. The molecule has 0 spiro atoms. The van der Waals surface area contributed by atoms with E-state index in [4.69, 9.17) is 4.74 Å². The molecule has 2 rings (SSSR count). The lowest BCUT2D eigenvalue weighted by Crippen LogP contribution is -2.59. The van der Waals surface area contributed by atoms with Crippen molar-refractivity contribution in [2.45, 2.75) is 58.6 Å². The van der Waals surface area contributed by atoms with Gasteiger partial charge in [-0.2, -0.15) is 0 Å². The van der Waals surface area contributed by atoms with Gasteiger partial charge in [0, 0.05) is 19.4 Å². The number of benzene rings is 1. The fraction of sp³-hybridized carbons (Fsp3) is 0.579. The molecule has 0 bridgehead atoms. The number of aliphatic carboxylic acids is 1. The number of hydrogen-bond donors (Lipinski definition) is 1. The highest BCUT2D eigenvalue weighted by atomic mass is 16.6. The Morgan fingerprint density at radius 1 is 1.21 bits per heavy atom. The second-order valence-electron chi connectivity index (χ2n) is 7.94. The van der Waals surface area contributed by atoms with E-state index in [1.54, 1.807) is 20.8 Å². The number of ether oxygens (including phenoxy) is 1. The molecule has 0 fully saturated rings. The number of carbonyl (C=O) groups is 2. The van der Waals surface area contributed by atoms with Crippen molar-refractivity contribution >= 4 is 12.1 Å². The van der Waals surface area contributed by atoms with Gasteiger partial charge in [-0.15, -0.1) is 0 Å². The summed E-state index contributed by atoms with van der Waals surface area (Å²) < 4.78 is 5.51. The van der Waals surface area contributed by atoms with Gasteiger partial charge in [-0.05, 0) is 37.8 Å². The van der Waals surface area contributed by atoms with Crippen LogP contribution in [0.2, 0.25) is 0 Å². The van der Waals surface area contributed by atoms with Gasteiger partial charge >= 0.3 is 12.1 Å². The van der Waals surface area contributed by atoms with Crippen LogP contribution in [0.25, 0.3) is 0 Å². The van der Waals surface area contributed by atoms with Gasteiger partial charge < -0.3 is 9.84 Å². The predicted octanol–water partition coefficient (Wildman–Crippen LogP) is 3.50. The van der Waals surface area contributed by atoms with E-state index in [1.807, 2.05) is 38.1 Å². The highest BCUT2D eigenvalue weighted by molar-refractivity contribution is 5.86. The summed E-state index contributed by atoms with van der Waals surface area (Å²) in [6.45, 7) is 9.64. The molecule has 132 valence electrons. The van der Waals surface area contributed by atoms with Crippen LogP contribution in [0.3, 0.4) is 0 Å². The second-order valence-corrected chi connectivity index (χ2v) is 7.94. The van der Waals surface area contributed by atoms with Gasteiger partial charge in [0.25, 0.3) is 0 Å². The SMILES string of the molecule is CC(C)CN(C(=O)OC(C)(C)C)C1(C(=O)O)Cc2ccccc2C1. The number of carboxylic acid groups (broad SMARTS) is 1. The molecule has 0 heterocycles. The Kier molecular flexibility index (Phi) is 4.92. The third-order valence-corrected chi connectivity index (χ3v) is 4.16. The van der Waals surface area contributed by atoms with Crippen LogP contribution in [-0.4, -0.2) is 39.8 Å². The van der Waals surface area contributed by atoms with E-state index < -0.39 is 23.2 Å². The third kappa shape index (κ3) is 3.71. The zero-order chi connectivity index (χ0) is 18.1. The molecule has 1 amide bonds. The summed E-state index contributed by atoms with van der Waals surface area (Å²) in [5.74, 6) is -0.845. The van der Waals surface area contributed by atoms with Crippen molar-refractivity contribution < 1.29 is 19.4 Å². The molecule has 1 aliphatic rings. The van der Waals surface area contributed by atoms with Crippen LogP contribution in [0.4, 0.5) is 4.79 Å². The van der Waals surface area contributed by atoms with Crippen molar-refractivity contribution in [2.24, 2.45) is 5.92 Å². The van der Waals surface area contributed by atoms with Crippen LogP contribution < -0.4 is 0 Å². The monoisotopic (exact) mass is 333 g/mol. The maximum Gasteiger partial charge on any atom is 0.411 e. The lowest BCUT2D eigenvalue weighted by molar-refractivity contribution is -0.151. The summed E-state index contributed by atoms with van der Waals surface area (Å²) in [7, 11) is 0. The fourth-order valence-electron chi connectivity index (χ4n) is 3.16. The molecule has 0 aromatic heterocycles. The Morgan fingerprint density at radius 2 is 1.71 bits per heavy atom. The summed E-state index contributed by atoms with van der Waals surface area (Å²) in [6.07, 6.45) is 0.0565. The van der Waals surface area contributed by atoms with Crippen LogP contribution in [0.5, 0.6) is 0 Å². The maximum atomic E-state index is 12.8. The summed E-state index contributed by atoms with van der Waals surface area (Å²) >= 11 is 0. The van der Waals surface area contributed by atoms with E-state index in [-0.39, 0.29) is 5.92 Å².